The van der Waals surface area contributed by atoms with Crippen molar-refractivity contribution in [1.82, 2.24) is 30.0 Å². The lowest BCUT2D eigenvalue weighted by Gasteiger charge is -2.37. The molecule has 1 N–H and O–H groups in total. The molecular weight excluding hydrogens is 402 g/mol. The first kappa shape index (κ1) is 20.3. The number of thiophene rings is 1. The third kappa shape index (κ3) is 3.87. The highest BCUT2D eigenvalue weighted by Crippen LogP contribution is 2.23. The fourth-order valence-corrected chi connectivity index (χ4v) is 4.30. The van der Waals surface area contributed by atoms with Gasteiger partial charge in [0.1, 0.15) is 18.2 Å². The number of hydrogen-bond donors (Lipinski definition) is 1. The van der Waals surface area contributed by atoms with E-state index in [0.29, 0.717) is 31.1 Å². The average Bonchev–Trinajstić information content (AvgIpc) is 3.42. The summed E-state index contributed by atoms with van der Waals surface area (Å²) in [7, 11) is 1.85. The minimum atomic E-state index is -0.546. The molecule has 9 nitrogen and oxygen atoms in total. The molecule has 30 heavy (non-hydrogen) atoms. The number of nitrogens with zero attached hydrogens (tertiary/aromatic N) is 6. The van der Waals surface area contributed by atoms with Gasteiger partial charge in [0.15, 0.2) is 5.65 Å². The second-order valence-corrected chi connectivity index (χ2v) is 8.64. The summed E-state index contributed by atoms with van der Waals surface area (Å²) in [6.07, 6.45) is 3.32. The maximum absolute atomic E-state index is 13.2. The maximum atomic E-state index is 13.2. The average molecular weight is 428 g/mol. The van der Waals surface area contributed by atoms with E-state index in [2.05, 4.69) is 25.3 Å². The third-order valence-electron chi connectivity index (χ3n) is 5.36. The number of nitrogens with one attached hydrogen (secondary N) is 1. The van der Waals surface area contributed by atoms with Crippen molar-refractivity contribution in [2.75, 3.05) is 31.1 Å². The molecule has 3 aromatic rings. The van der Waals surface area contributed by atoms with Gasteiger partial charge in [0, 0.05) is 33.2 Å². The molecule has 0 spiro atoms. The Balaban J connectivity index is 1.43. The van der Waals surface area contributed by atoms with Crippen molar-refractivity contribution in [2.24, 2.45) is 13.0 Å². The van der Waals surface area contributed by atoms with E-state index in [1.165, 1.54) is 11.3 Å². The first-order valence-corrected chi connectivity index (χ1v) is 10.8. The first-order chi connectivity index (χ1) is 14.5. The van der Waals surface area contributed by atoms with Gasteiger partial charge in [-0.3, -0.25) is 14.3 Å². The largest absolute Gasteiger partial charge is 0.352 e. The lowest BCUT2D eigenvalue weighted by atomic mass is 10.0. The van der Waals surface area contributed by atoms with Gasteiger partial charge in [0.25, 0.3) is 5.91 Å². The molecule has 10 heteroatoms. The molecule has 0 aliphatic carbocycles. The van der Waals surface area contributed by atoms with Crippen LogP contribution in [0.2, 0.25) is 0 Å². The standard InChI is InChI=1S/C20H25N7O2S/c1-13(2)16(24-19(28)15-5-4-10-30-15)20(29)27-8-6-26(7-9-27)18-14-11-23-25(3)17(14)21-12-22-18/h4-5,10-13,16H,6-9H2,1-3H3,(H,24,28)/t16-/m1/s1. The Kier molecular flexibility index (Phi) is 5.67. The monoisotopic (exact) mass is 427 g/mol. The Morgan fingerprint density at radius 3 is 2.60 bits per heavy atom. The van der Waals surface area contributed by atoms with Crippen LogP contribution in [0.3, 0.4) is 0 Å². The molecular formula is C20H25N7O2S. The van der Waals surface area contributed by atoms with Gasteiger partial charge in [0.05, 0.1) is 16.5 Å². The minimum absolute atomic E-state index is 0.00340. The molecule has 4 heterocycles. The molecule has 0 bridgehead atoms. The zero-order valence-electron chi connectivity index (χ0n) is 17.3. The SMILES string of the molecule is CC(C)[C@@H](NC(=O)c1cccs1)C(=O)N1CCN(c2ncnc3c2cnn3C)CC1. The normalized spacial score (nSPS) is 15.6. The highest BCUT2D eigenvalue weighted by Gasteiger charge is 2.31. The molecule has 0 saturated carbocycles. The van der Waals surface area contributed by atoms with E-state index in [4.69, 9.17) is 0 Å². The van der Waals surface area contributed by atoms with Gasteiger partial charge < -0.3 is 15.1 Å². The van der Waals surface area contributed by atoms with Crippen LogP contribution in [-0.4, -0.2) is 68.7 Å². The maximum Gasteiger partial charge on any atom is 0.262 e. The summed E-state index contributed by atoms with van der Waals surface area (Å²) >= 11 is 1.37. The Bertz CT molecular complexity index is 1040. The Morgan fingerprint density at radius 2 is 1.93 bits per heavy atom. The first-order valence-electron chi connectivity index (χ1n) is 9.96. The lowest BCUT2D eigenvalue weighted by molar-refractivity contribution is -0.134. The van der Waals surface area contributed by atoms with Crippen LogP contribution in [0.15, 0.2) is 30.0 Å². The number of amides is 2. The molecule has 1 atom stereocenters. The summed E-state index contributed by atoms with van der Waals surface area (Å²) in [6.45, 7) is 6.37. The number of fused-ring (bicyclic) bond motifs is 1. The van der Waals surface area contributed by atoms with Crippen LogP contribution in [0.5, 0.6) is 0 Å². The second-order valence-electron chi connectivity index (χ2n) is 7.69. The van der Waals surface area contributed by atoms with Crippen LogP contribution >= 0.6 is 11.3 Å². The molecule has 1 saturated heterocycles. The number of hydrogen-bond acceptors (Lipinski definition) is 7. The number of aryl methyl sites for hydroxylation is 1. The van der Waals surface area contributed by atoms with E-state index in [9.17, 15) is 9.59 Å². The van der Waals surface area contributed by atoms with Crippen molar-refractivity contribution in [3.8, 4) is 0 Å². The van der Waals surface area contributed by atoms with Crippen LogP contribution in [0.25, 0.3) is 11.0 Å². The van der Waals surface area contributed by atoms with E-state index in [1.807, 2.05) is 37.2 Å². The Hall–Kier alpha value is -3.01. The number of anilines is 1. The zero-order chi connectivity index (χ0) is 21.3. The van der Waals surface area contributed by atoms with Gasteiger partial charge >= 0.3 is 0 Å². The predicted octanol–water partition coefficient (Wildman–Crippen LogP) is 1.53. The van der Waals surface area contributed by atoms with Gasteiger partial charge in [-0.15, -0.1) is 11.3 Å². The predicted molar refractivity (Wildman–Crippen MR) is 116 cm³/mol. The van der Waals surface area contributed by atoms with Crippen LogP contribution in [0.1, 0.15) is 23.5 Å². The summed E-state index contributed by atoms with van der Waals surface area (Å²) in [4.78, 5) is 39.0. The molecule has 1 fully saturated rings. The number of rotatable bonds is 5. The van der Waals surface area contributed by atoms with Crippen LogP contribution < -0.4 is 10.2 Å². The highest BCUT2D eigenvalue weighted by atomic mass is 32.1. The fourth-order valence-electron chi connectivity index (χ4n) is 3.67. The molecule has 4 rings (SSSR count). The van der Waals surface area contributed by atoms with Crippen LogP contribution in [0.4, 0.5) is 5.82 Å². The van der Waals surface area contributed by atoms with Crippen molar-refractivity contribution in [3.05, 3.63) is 34.9 Å². The molecule has 1 aliphatic heterocycles. The second kappa shape index (κ2) is 8.39. The molecule has 3 aromatic heterocycles. The third-order valence-corrected chi connectivity index (χ3v) is 6.23. The summed E-state index contributed by atoms with van der Waals surface area (Å²) in [5, 5.41) is 9.95. The van der Waals surface area contributed by atoms with E-state index < -0.39 is 6.04 Å². The van der Waals surface area contributed by atoms with Gasteiger partial charge in [-0.2, -0.15) is 5.10 Å². The number of piperazine rings is 1. The molecule has 2 amide bonds. The molecule has 158 valence electrons. The van der Waals surface area contributed by atoms with Crippen molar-refractivity contribution < 1.29 is 9.59 Å². The van der Waals surface area contributed by atoms with Crippen molar-refractivity contribution in [2.45, 2.75) is 19.9 Å². The fraction of sp³-hybridized carbons (Fsp3) is 0.450. The number of carbonyl (C=O) groups excluding carboxylic acids is 2. The molecule has 1 aliphatic rings. The molecule has 0 aromatic carbocycles. The van der Waals surface area contributed by atoms with Crippen LogP contribution in [0, 0.1) is 5.92 Å². The van der Waals surface area contributed by atoms with Gasteiger partial charge in [0.2, 0.25) is 5.91 Å². The van der Waals surface area contributed by atoms with Crippen molar-refractivity contribution in [3.63, 3.8) is 0 Å². The van der Waals surface area contributed by atoms with Crippen LogP contribution in [-0.2, 0) is 11.8 Å². The van der Waals surface area contributed by atoms with E-state index in [1.54, 1.807) is 23.3 Å². The summed E-state index contributed by atoms with van der Waals surface area (Å²) in [6, 6.07) is 3.05. The van der Waals surface area contributed by atoms with E-state index in [-0.39, 0.29) is 17.7 Å². The number of aromatic nitrogens is 4. The lowest BCUT2D eigenvalue weighted by Crippen LogP contribution is -2.56. The topological polar surface area (TPSA) is 96.2 Å². The van der Waals surface area contributed by atoms with Gasteiger partial charge in [-0.25, -0.2) is 9.97 Å². The number of carbonyl (C=O) groups is 2. The van der Waals surface area contributed by atoms with Gasteiger partial charge in [-0.05, 0) is 17.4 Å². The highest BCUT2D eigenvalue weighted by molar-refractivity contribution is 7.12. The van der Waals surface area contributed by atoms with E-state index >= 15 is 0 Å². The molecule has 0 unspecified atom stereocenters. The van der Waals surface area contributed by atoms with E-state index in [0.717, 1.165) is 16.9 Å². The smallest absolute Gasteiger partial charge is 0.262 e. The van der Waals surface area contributed by atoms with Crippen molar-refractivity contribution >= 4 is 40.0 Å². The quantitative estimate of drug-likeness (QED) is 0.663. The summed E-state index contributed by atoms with van der Waals surface area (Å²) in [5.74, 6) is 0.599. The summed E-state index contributed by atoms with van der Waals surface area (Å²) in [5.41, 5.74) is 0.787. The van der Waals surface area contributed by atoms with Gasteiger partial charge in [-0.1, -0.05) is 19.9 Å². The Morgan fingerprint density at radius 1 is 1.17 bits per heavy atom. The van der Waals surface area contributed by atoms with Crippen molar-refractivity contribution in [1.29, 1.82) is 0 Å². The summed E-state index contributed by atoms with van der Waals surface area (Å²) < 4.78 is 1.73. The Labute approximate surface area is 178 Å². The zero-order valence-corrected chi connectivity index (χ0v) is 18.1. The minimum Gasteiger partial charge on any atom is -0.352 e. The molecule has 0 radical (unpaired) electrons.